The molecule has 30 heavy (non-hydrogen) atoms. The summed E-state index contributed by atoms with van der Waals surface area (Å²) in [5.41, 5.74) is 2.54. The second-order valence-electron chi connectivity index (χ2n) is 7.30. The first kappa shape index (κ1) is 22.7. The number of carboxylic acids is 1. The molecule has 3 rings (SSSR count). The topological polar surface area (TPSA) is 62.2 Å². The first-order valence-corrected chi connectivity index (χ1v) is 10.7. The van der Waals surface area contributed by atoms with E-state index in [-0.39, 0.29) is 12.6 Å². The number of aliphatic carboxylic acids is 1. The second-order valence-corrected chi connectivity index (χ2v) is 7.74. The summed E-state index contributed by atoms with van der Waals surface area (Å²) in [4.78, 5) is 15.3. The van der Waals surface area contributed by atoms with E-state index in [1.165, 1.54) is 11.1 Å². The van der Waals surface area contributed by atoms with Crippen LogP contribution in [-0.4, -0.2) is 80.0 Å². The molecular formula is C23H29ClN2O4. The van der Waals surface area contributed by atoms with E-state index >= 15 is 0 Å². The van der Waals surface area contributed by atoms with Crippen molar-refractivity contribution in [2.45, 2.75) is 6.04 Å². The number of ether oxygens (including phenoxy) is 2. The maximum absolute atomic E-state index is 10.4. The molecule has 2 aromatic rings. The Labute approximate surface area is 183 Å². The first-order chi connectivity index (χ1) is 14.6. The highest BCUT2D eigenvalue weighted by Gasteiger charge is 2.26. The standard InChI is InChI=1S/C23H29ClN2O4/c24-21-8-6-20(7-9-21)23(19-4-2-1-3-5-19)26-12-10-25(11-13-26)14-15-29-16-17-30-18-22(27)28/h1-9,23H,10-18H2,(H,27,28)/t23-/m0/s1. The van der Waals surface area contributed by atoms with Crippen molar-refractivity contribution in [1.29, 1.82) is 0 Å². The van der Waals surface area contributed by atoms with Crippen molar-refractivity contribution < 1.29 is 19.4 Å². The van der Waals surface area contributed by atoms with E-state index in [0.29, 0.717) is 19.8 Å². The van der Waals surface area contributed by atoms with Crippen molar-refractivity contribution in [1.82, 2.24) is 9.80 Å². The molecule has 0 spiro atoms. The Balaban J connectivity index is 1.48. The molecule has 1 N–H and O–H groups in total. The summed E-state index contributed by atoms with van der Waals surface area (Å²) in [7, 11) is 0. The van der Waals surface area contributed by atoms with Gasteiger partial charge >= 0.3 is 5.97 Å². The van der Waals surface area contributed by atoms with E-state index < -0.39 is 5.97 Å². The third-order valence-corrected chi connectivity index (χ3v) is 5.47. The minimum Gasteiger partial charge on any atom is -0.480 e. The Bertz CT molecular complexity index is 765. The molecule has 0 radical (unpaired) electrons. The van der Waals surface area contributed by atoms with E-state index in [9.17, 15) is 4.79 Å². The molecule has 1 aliphatic rings. The van der Waals surface area contributed by atoms with Crippen LogP contribution in [0.25, 0.3) is 0 Å². The molecular weight excluding hydrogens is 404 g/mol. The minimum atomic E-state index is -0.958. The van der Waals surface area contributed by atoms with Gasteiger partial charge < -0.3 is 14.6 Å². The van der Waals surface area contributed by atoms with Gasteiger partial charge in [0.2, 0.25) is 0 Å². The zero-order chi connectivity index (χ0) is 21.2. The highest BCUT2D eigenvalue weighted by atomic mass is 35.5. The van der Waals surface area contributed by atoms with Gasteiger partial charge in [-0.1, -0.05) is 54.1 Å². The molecule has 6 nitrogen and oxygen atoms in total. The van der Waals surface area contributed by atoms with Gasteiger partial charge in [-0.25, -0.2) is 4.79 Å². The first-order valence-electron chi connectivity index (χ1n) is 10.3. The predicted octanol–water partition coefficient (Wildman–Crippen LogP) is 3.16. The normalized spacial score (nSPS) is 16.4. The van der Waals surface area contributed by atoms with E-state index in [1.807, 2.05) is 18.2 Å². The van der Waals surface area contributed by atoms with E-state index in [4.69, 9.17) is 26.2 Å². The number of rotatable bonds is 11. The number of hydrogen-bond acceptors (Lipinski definition) is 5. The van der Waals surface area contributed by atoms with Crippen molar-refractivity contribution in [2.24, 2.45) is 0 Å². The van der Waals surface area contributed by atoms with Gasteiger partial charge in [0.05, 0.1) is 25.9 Å². The summed E-state index contributed by atoms with van der Waals surface area (Å²) in [5, 5.41) is 9.28. The largest absolute Gasteiger partial charge is 0.480 e. The number of nitrogens with zero attached hydrogens (tertiary/aromatic N) is 2. The summed E-state index contributed by atoms with van der Waals surface area (Å²) < 4.78 is 10.5. The minimum absolute atomic E-state index is 0.216. The van der Waals surface area contributed by atoms with Crippen molar-refractivity contribution in [3.05, 3.63) is 70.7 Å². The van der Waals surface area contributed by atoms with Gasteiger partial charge in [-0.3, -0.25) is 9.80 Å². The second kappa shape index (κ2) is 12.0. The Morgan fingerprint density at radius 2 is 1.53 bits per heavy atom. The van der Waals surface area contributed by atoms with Crippen LogP contribution in [0.3, 0.4) is 0 Å². The molecule has 7 heteroatoms. The molecule has 1 aliphatic heterocycles. The van der Waals surface area contributed by atoms with Crippen LogP contribution in [0.2, 0.25) is 5.02 Å². The molecule has 0 unspecified atom stereocenters. The quantitative estimate of drug-likeness (QED) is 0.550. The highest BCUT2D eigenvalue weighted by molar-refractivity contribution is 6.30. The molecule has 1 heterocycles. The van der Waals surface area contributed by atoms with Crippen molar-refractivity contribution in [2.75, 3.05) is 59.2 Å². The van der Waals surface area contributed by atoms with Gasteiger partial charge in [0.25, 0.3) is 0 Å². The maximum Gasteiger partial charge on any atom is 0.329 e. The lowest BCUT2D eigenvalue weighted by Crippen LogP contribution is -2.48. The van der Waals surface area contributed by atoms with Crippen molar-refractivity contribution in [3.8, 4) is 0 Å². The number of halogens is 1. The molecule has 1 atom stereocenters. The Morgan fingerprint density at radius 3 is 2.20 bits per heavy atom. The van der Waals surface area contributed by atoms with E-state index in [1.54, 1.807) is 0 Å². The van der Waals surface area contributed by atoms with Gasteiger partial charge in [0, 0.05) is 37.7 Å². The average Bonchev–Trinajstić information content (AvgIpc) is 2.76. The van der Waals surface area contributed by atoms with Crippen LogP contribution < -0.4 is 0 Å². The van der Waals surface area contributed by atoms with Crippen LogP contribution in [-0.2, 0) is 14.3 Å². The lowest BCUT2D eigenvalue weighted by Gasteiger charge is -2.39. The Hall–Kier alpha value is -1.96. The molecule has 0 amide bonds. The van der Waals surface area contributed by atoms with Gasteiger partial charge in [0.15, 0.2) is 0 Å². The fourth-order valence-electron chi connectivity index (χ4n) is 3.71. The summed E-state index contributed by atoms with van der Waals surface area (Å²) in [6, 6.07) is 19.0. The smallest absolute Gasteiger partial charge is 0.329 e. The third-order valence-electron chi connectivity index (χ3n) is 5.22. The van der Waals surface area contributed by atoms with E-state index in [0.717, 1.165) is 37.7 Å². The molecule has 0 aliphatic carbocycles. The van der Waals surface area contributed by atoms with Gasteiger partial charge in [-0.15, -0.1) is 0 Å². The summed E-state index contributed by atoms with van der Waals surface area (Å²) >= 11 is 6.10. The fraction of sp³-hybridized carbons (Fsp3) is 0.435. The number of hydrogen-bond donors (Lipinski definition) is 1. The van der Waals surface area contributed by atoms with Crippen molar-refractivity contribution >= 4 is 17.6 Å². The molecule has 2 aromatic carbocycles. The van der Waals surface area contributed by atoms with Crippen LogP contribution in [0.4, 0.5) is 0 Å². The van der Waals surface area contributed by atoms with Crippen LogP contribution in [0.15, 0.2) is 54.6 Å². The maximum atomic E-state index is 10.4. The number of benzene rings is 2. The SMILES string of the molecule is O=C(O)COCCOCCN1CCN([C@@H](c2ccccc2)c2ccc(Cl)cc2)CC1. The summed E-state index contributed by atoms with van der Waals surface area (Å²) in [6.07, 6.45) is 0. The Morgan fingerprint density at radius 1 is 0.900 bits per heavy atom. The lowest BCUT2D eigenvalue weighted by molar-refractivity contribution is -0.142. The van der Waals surface area contributed by atoms with Crippen molar-refractivity contribution in [3.63, 3.8) is 0 Å². The fourth-order valence-corrected chi connectivity index (χ4v) is 3.84. The molecule has 1 fully saturated rings. The highest BCUT2D eigenvalue weighted by Crippen LogP contribution is 2.30. The monoisotopic (exact) mass is 432 g/mol. The number of carboxylic acid groups (broad SMARTS) is 1. The van der Waals surface area contributed by atoms with Crippen LogP contribution in [0.1, 0.15) is 17.2 Å². The lowest BCUT2D eigenvalue weighted by atomic mass is 9.96. The zero-order valence-electron chi connectivity index (χ0n) is 17.1. The molecule has 0 bridgehead atoms. The third kappa shape index (κ3) is 7.07. The molecule has 0 saturated carbocycles. The average molecular weight is 433 g/mol. The Kier molecular flexibility index (Phi) is 9.11. The zero-order valence-corrected chi connectivity index (χ0v) is 17.8. The van der Waals surface area contributed by atoms with Gasteiger partial charge in [-0.2, -0.15) is 0 Å². The summed E-state index contributed by atoms with van der Waals surface area (Å²) in [5.74, 6) is -0.958. The van der Waals surface area contributed by atoms with Gasteiger partial charge in [0.1, 0.15) is 6.61 Å². The molecule has 1 saturated heterocycles. The number of carbonyl (C=O) groups is 1. The van der Waals surface area contributed by atoms with E-state index in [2.05, 4.69) is 46.2 Å². The molecule has 0 aromatic heterocycles. The van der Waals surface area contributed by atoms with Crippen LogP contribution in [0, 0.1) is 0 Å². The predicted molar refractivity (Wildman–Crippen MR) is 117 cm³/mol. The van der Waals surface area contributed by atoms with Crippen LogP contribution >= 0.6 is 11.6 Å². The van der Waals surface area contributed by atoms with Gasteiger partial charge in [-0.05, 0) is 23.3 Å². The number of piperazine rings is 1. The van der Waals surface area contributed by atoms with Crippen LogP contribution in [0.5, 0.6) is 0 Å². The molecule has 162 valence electrons. The summed E-state index contributed by atoms with van der Waals surface area (Å²) in [6.45, 7) is 5.85.